The molecule has 1 amide bonds. The summed E-state index contributed by atoms with van der Waals surface area (Å²) < 4.78 is 50.0. The third kappa shape index (κ3) is 4.35. The van der Waals surface area contributed by atoms with Gasteiger partial charge in [0.05, 0.1) is 6.61 Å². The predicted octanol–water partition coefficient (Wildman–Crippen LogP) is 2.78. The number of halogens is 1. The number of amides is 1. The zero-order valence-electron chi connectivity index (χ0n) is 18.0. The molecule has 2 N–H and O–H groups in total. The minimum absolute atomic E-state index is 0.0159. The van der Waals surface area contributed by atoms with E-state index in [2.05, 4.69) is 15.2 Å². The van der Waals surface area contributed by atoms with Crippen molar-refractivity contribution in [1.82, 2.24) is 5.16 Å². The summed E-state index contributed by atoms with van der Waals surface area (Å²) in [6.07, 6.45) is 0.352. The number of hydrogen-bond acceptors (Lipinski definition) is 10. The number of thioether (sulfide) groups is 1. The fourth-order valence-corrected chi connectivity index (χ4v) is 6.81. The van der Waals surface area contributed by atoms with E-state index >= 15 is 0 Å². The number of esters is 1. The van der Waals surface area contributed by atoms with Gasteiger partial charge in [-0.25, -0.2) is 13.1 Å². The van der Waals surface area contributed by atoms with E-state index < -0.39 is 32.1 Å². The van der Waals surface area contributed by atoms with E-state index in [-0.39, 0.29) is 35.8 Å². The number of rotatable bonds is 8. The maximum Gasteiger partial charge on any atom is 0.302 e. The van der Waals surface area contributed by atoms with Gasteiger partial charge in [-0.05, 0) is 18.6 Å². The lowest BCUT2D eigenvalue weighted by atomic mass is 10.1. The molecule has 0 saturated carbocycles. The Morgan fingerprint density at radius 3 is 2.82 bits per heavy atom. The second kappa shape index (κ2) is 9.49. The summed E-state index contributed by atoms with van der Waals surface area (Å²) in [5.41, 5.74) is 1.44. The fourth-order valence-electron chi connectivity index (χ4n) is 3.46. The second-order valence-corrected chi connectivity index (χ2v) is 10.5. The average Bonchev–Trinajstić information content (AvgIpc) is 3.45. The molecule has 2 aliphatic heterocycles. The van der Waals surface area contributed by atoms with Crippen molar-refractivity contribution in [3.05, 3.63) is 51.7 Å². The summed E-state index contributed by atoms with van der Waals surface area (Å²) >= 11 is 7.00. The minimum Gasteiger partial charge on any atom is -0.467 e. The SMILES string of the molecule is CC(=O)OCCc1ccccc1NC(=O)C1SC=C2OCOC21S(=O)(=O)Nc1onc(C)c1Cl. The van der Waals surface area contributed by atoms with Crippen LogP contribution in [0.15, 0.2) is 40.0 Å². The monoisotopic (exact) mass is 529 g/mol. The lowest BCUT2D eigenvalue weighted by Crippen LogP contribution is -2.53. The van der Waals surface area contributed by atoms with Gasteiger partial charge in [-0.3, -0.25) is 9.59 Å². The normalized spacial score (nSPS) is 21.4. The highest BCUT2D eigenvalue weighted by Gasteiger charge is 2.65. The molecule has 11 nitrogen and oxygen atoms in total. The first-order valence-electron chi connectivity index (χ1n) is 9.95. The Hall–Kier alpha value is -2.74. The summed E-state index contributed by atoms with van der Waals surface area (Å²) in [6, 6.07) is 6.92. The van der Waals surface area contributed by atoms with Crippen LogP contribution in [0.2, 0.25) is 5.02 Å². The molecule has 0 radical (unpaired) electrons. The van der Waals surface area contributed by atoms with Crippen LogP contribution >= 0.6 is 23.4 Å². The standard InChI is InChI=1S/C20H20ClN3O8S2/c1-11-16(21)19(32-23-11)24-34(27,28)20-15(30-10-31-20)9-33-17(20)18(26)22-14-6-4-3-5-13(14)7-8-29-12(2)25/h3-6,9,17,24H,7-8,10H2,1-2H3,(H,22,26). The Balaban J connectivity index is 1.59. The Morgan fingerprint density at radius 1 is 1.35 bits per heavy atom. The molecular formula is C20H20ClN3O8S2. The van der Waals surface area contributed by atoms with E-state index in [1.54, 1.807) is 31.2 Å². The van der Waals surface area contributed by atoms with Crippen molar-refractivity contribution in [2.24, 2.45) is 0 Å². The topological polar surface area (TPSA) is 146 Å². The van der Waals surface area contributed by atoms with Gasteiger partial charge in [-0.1, -0.05) is 35.0 Å². The Kier molecular flexibility index (Phi) is 6.80. The predicted molar refractivity (Wildman–Crippen MR) is 123 cm³/mol. The third-order valence-electron chi connectivity index (χ3n) is 5.09. The highest BCUT2D eigenvalue weighted by molar-refractivity contribution is 8.05. The maximum atomic E-state index is 13.5. The molecule has 1 aromatic carbocycles. The number of fused-ring (bicyclic) bond motifs is 1. The summed E-state index contributed by atoms with van der Waals surface area (Å²) in [5.74, 6) is -1.37. The van der Waals surface area contributed by atoms with E-state index in [9.17, 15) is 18.0 Å². The zero-order valence-corrected chi connectivity index (χ0v) is 20.4. The highest BCUT2D eigenvalue weighted by atomic mass is 35.5. The number of sulfonamides is 1. The second-order valence-electron chi connectivity index (χ2n) is 7.33. The average molecular weight is 530 g/mol. The molecule has 2 atom stereocenters. The summed E-state index contributed by atoms with van der Waals surface area (Å²) in [7, 11) is -4.46. The van der Waals surface area contributed by atoms with Crippen LogP contribution in [0.4, 0.5) is 11.6 Å². The van der Waals surface area contributed by atoms with Crippen LogP contribution in [0.5, 0.6) is 0 Å². The molecule has 2 unspecified atom stereocenters. The van der Waals surface area contributed by atoms with Crippen LogP contribution in [0.1, 0.15) is 18.2 Å². The van der Waals surface area contributed by atoms with Gasteiger partial charge in [0.1, 0.15) is 16.0 Å². The number of hydrogen-bond donors (Lipinski definition) is 2. The summed E-state index contributed by atoms with van der Waals surface area (Å²) in [4.78, 5) is 22.2. The smallest absolute Gasteiger partial charge is 0.302 e. The van der Waals surface area contributed by atoms with E-state index in [0.717, 1.165) is 11.8 Å². The summed E-state index contributed by atoms with van der Waals surface area (Å²) in [5, 5.41) is 6.54. The Labute approximate surface area is 204 Å². The van der Waals surface area contributed by atoms with Crippen LogP contribution in [0, 0.1) is 6.92 Å². The molecule has 4 rings (SSSR count). The molecule has 34 heavy (non-hydrogen) atoms. The number of para-hydroxylation sites is 1. The molecule has 1 aromatic heterocycles. The van der Waals surface area contributed by atoms with Crippen LogP contribution in [0.25, 0.3) is 0 Å². The number of carbonyl (C=O) groups is 2. The lowest BCUT2D eigenvalue weighted by molar-refractivity contribution is -0.140. The number of benzene rings is 1. The minimum atomic E-state index is -4.46. The van der Waals surface area contributed by atoms with Crippen LogP contribution in [0.3, 0.4) is 0 Å². The number of nitrogens with one attached hydrogen (secondary N) is 2. The molecule has 2 aliphatic rings. The number of nitrogens with zero attached hydrogens (tertiary/aromatic N) is 1. The van der Waals surface area contributed by atoms with Crippen molar-refractivity contribution in [3.63, 3.8) is 0 Å². The number of aryl methyl sites for hydroxylation is 1. The first-order valence-corrected chi connectivity index (χ1v) is 12.7. The van der Waals surface area contributed by atoms with Gasteiger partial charge < -0.3 is 24.1 Å². The molecule has 182 valence electrons. The maximum absolute atomic E-state index is 13.5. The third-order valence-corrected chi connectivity index (χ3v) is 8.66. The Morgan fingerprint density at radius 2 is 2.12 bits per heavy atom. The fraction of sp³-hybridized carbons (Fsp3) is 0.350. The molecule has 14 heteroatoms. The van der Waals surface area contributed by atoms with Crippen molar-refractivity contribution in [3.8, 4) is 0 Å². The number of anilines is 2. The van der Waals surface area contributed by atoms with E-state index in [0.29, 0.717) is 17.7 Å². The molecule has 3 heterocycles. The molecule has 2 aromatic rings. The van der Waals surface area contributed by atoms with E-state index in [1.165, 1.54) is 12.3 Å². The number of ether oxygens (including phenoxy) is 3. The van der Waals surface area contributed by atoms with Gasteiger partial charge in [0, 0.05) is 24.4 Å². The lowest BCUT2D eigenvalue weighted by Gasteiger charge is -2.28. The summed E-state index contributed by atoms with van der Waals surface area (Å²) in [6.45, 7) is 2.62. The molecule has 1 fully saturated rings. The molecule has 1 saturated heterocycles. The van der Waals surface area contributed by atoms with Crippen molar-refractivity contribution in [2.45, 2.75) is 30.5 Å². The van der Waals surface area contributed by atoms with Gasteiger partial charge in [0.15, 0.2) is 12.6 Å². The van der Waals surface area contributed by atoms with E-state index in [4.69, 9.17) is 30.3 Å². The quantitative estimate of drug-likeness (QED) is 0.489. The van der Waals surface area contributed by atoms with Crippen molar-refractivity contribution >= 4 is 56.8 Å². The largest absolute Gasteiger partial charge is 0.467 e. The van der Waals surface area contributed by atoms with Gasteiger partial charge >= 0.3 is 5.97 Å². The van der Waals surface area contributed by atoms with Gasteiger partial charge in [0.2, 0.25) is 5.91 Å². The van der Waals surface area contributed by atoms with Crippen LogP contribution in [-0.2, 0) is 40.2 Å². The first-order chi connectivity index (χ1) is 16.2. The van der Waals surface area contributed by atoms with Gasteiger partial charge in [-0.15, -0.1) is 11.8 Å². The van der Waals surface area contributed by atoms with E-state index in [1.807, 2.05) is 0 Å². The molecule has 0 aliphatic carbocycles. The Bertz CT molecular complexity index is 1260. The van der Waals surface area contributed by atoms with Crippen molar-refractivity contribution in [1.29, 1.82) is 0 Å². The zero-order chi connectivity index (χ0) is 24.5. The van der Waals surface area contributed by atoms with Crippen LogP contribution < -0.4 is 10.0 Å². The number of aromatic nitrogens is 1. The molecule has 0 bridgehead atoms. The number of carbonyl (C=O) groups excluding carboxylic acids is 2. The molecular weight excluding hydrogens is 510 g/mol. The van der Waals surface area contributed by atoms with Crippen LogP contribution in [-0.4, -0.2) is 49.0 Å². The van der Waals surface area contributed by atoms with Gasteiger partial charge in [0.25, 0.3) is 20.8 Å². The van der Waals surface area contributed by atoms with Gasteiger partial charge in [-0.2, -0.15) is 0 Å². The van der Waals surface area contributed by atoms with Crippen molar-refractivity contribution in [2.75, 3.05) is 23.4 Å². The first kappa shape index (κ1) is 24.4. The highest BCUT2D eigenvalue weighted by Crippen LogP contribution is 2.50. The molecule has 0 spiro atoms. The van der Waals surface area contributed by atoms with Crippen molar-refractivity contribution < 1.29 is 36.7 Å².